The molecule has 0 aliphatic carbocycles. The van der Waals surface area contributed by atoms with Gasteiger partial charge in [0, 0.05) is 18.1 Å². The number of fused-ring (bicyclic) bond motifs is 1. The van der Waals surface area contributed by atoms with Crippen LogP contribution in [0.5, 0.6) is 5.88 Å². The van der Waals surface area contributed by atoms with E-state index in [-0.39, 0.29) is 5.88 Å². The number of aromatic nitrogens is 1. The van der Waals surface area contributed by atoms with Crippen molar-refractivity contribution in [3.05, 3.63) is 36.0 Å². The van der Waals surface area contributed by atoms with Crippen LogP contribution in [-0.2, 0) is 6.54 Å². The first-order chi connectivity index (χ1) is 10.1. The Morgan fingerprint density at radius 3 is 2.57 bits per heavy atom. The number of alkyl halides is 2. The van der Waals surface area contributed by atoms with Gasteiger partial charge < -0.3 is 10.1 Å². The number of nitrogens with zero attached hydrogens (tertiary/aromatic N) is 1. The van der Waals surface area contributed by atoms with E-state index in [1.807, 2.05) is 24.3 Å². The van der Waals surface area contributed by atoms with Crippen LogP contribution in [0.2, 0.25) is 0 Å². The highest BCUT2D eigenvalue weighted by Gasteiger charge is 2.10. The quantitative estimate of drug-likeness (QED) is 0.847. The Kier molecular flexibility index (Phi) is 5.44. The Bertz CT molecular complexity index is 587. The summed E-state index contributed by atoms with van der Waals surface area (Å²) in [7, 11) is 0. The zero-order valence-corrected chi connectivity index (χ0v) is 12.3. The van der Waals surface area contributed by atoms with Crippen molar-refractivity contribution in [1.82, 2.24) is 10.3 Å². The SMILES string of the molecule is CC(C)CNCc1cnc(OCC(F)F)c2ccccc12. The summed E-state index contributed by atoms with van der Waals surface area (Å²) in [6, 6.07) is 7.57. The van der Waals surface area contributed by atoms with Crippen molar-refractivity contribution in [2.45, 2.75) is 26.8 Å². The van der Waals surface area contributed by atoms with E-state index in [1.165, 1.54) is 0 Å². The molecule has 0 bridgehead atoms. The Labute approximate surface area is 123 Å². The van der Waals surface area contributed by atoms with Gasteiger partial charge in [0.2, 0.25) is 5.88 Å². The lowest BCUT2D eigenvalue weighted by Crippen LogP contribution is -2.19. The van der Waals surface area contributed by atoms with E-state index in [2.05, 4.69) is 24.1 Å². The Balaban J connectivity index is 2.22. The number of ether oxygens (including phenoxy) is 1. The van der Waals surface area contributed by atoms with Crippen LogP contribution >= 0.6 is 0 Å². The molecule has 3 nitrogen and oxygen atoms in total. The summed E-state index contributed by atoms with van der Waals surface area (Å²) >= 11 is 0. The number of rotatable bonds is 7. The molecule has 5 heteroatoms. The van der Waals surface area contributed by atoms with Gasteiger partial charge in [-0.25, -0.2) is 13.8 Å². The number of hydrogen-bond donors (Lipinski definition) is 1. The first-order valence-electron chi connectivity index (χ1n) is 7.06. The third-order valence-electron chi connectivity index (χ3n) is 3.06. The second-order valence-corrected chi connectivity index (χ2v) is 5.36. The van der Waals surface area contributed by atoms with Crippen molar-refractivity contribution in [3.63, 3.8) is 0 Å². The molecule has 0 fully saturated rings. The van der Waals surface area contributed by atoms with Gasteiger partial charge in [-0.3, -0.25) is 0 Å². The van der Waals surface area contributed by atoms with Crippen LogP contribution in [0, 0.1) is 5.92 Å². The van der Waals surface area contributed by atoms with Crippen LogP contribution in [0.1, 0.15) is 19.4 Å². The van der Waals surface area contributed by atoms with Gasteiger partial charge in [-0.2, -0.15) is 0 Å². The van der Waals surface area contributed by atoms with Gasteiger partial charge in [0.25, 0.3) is 6.43 Å². The maximum absolute atomic E-state index is 12.3. The molecule has 0 atom stereocenters. The van der Waals surface area contributed by atoms with Crippen molar-refractivity contribution in [3.8, 4) is 5.88 Å². The fraction of sp³-hybridized carbons (Fsp3) is 0.438. The Morgan fingerprint density at radius 2 is 1.90 bits per heavy atom. The van der Waals surface area contributed by atoms with E-state index in [1.54, 1.807) is 6.20 Å². The summed E-state index contributed by atoms with van der Waals surface area (Å²) < 4.78 is 29.7. The molecule has 0 saturated carbocycles. The van der Waals surface area contributed by atoms with E-state index >= 15 is 0 Å². The number of nitrogens with one attached hydrogen (secondary N) is 1. The molecule has 2 aromatic rings. The van der Waals surface area contributed by atoms with Crippen LogP contribution in [0.4, 0.5) is 8.78 Å². The van der Waals surface area contributed by atoms with Gasteiger partial charge in [-0.05, 0) is 29.5 Å². The van der Waals surface area contributed by atoms with Crippen molar-refractivity contribution in [2.75, 3.05) is 13.2 Å². The molecular weight excluding hydrogens is 274 g/mol. The molecule has 114 valence electrons. The van der Waals surface area contributed by atoms with Crippen LogP contribution in [0.3, 0.4) is 0 Å². The third-order valence-corrected chi connectivity index (χ3v) is 3.06. The summed E-state index contributed by atoms with van der Waals surface area (Å²) in [5, 5.41) is 5.11. The first kappa shape index (κ1) is 15.6. The van der Waals surface area contributed by atoms with Crippen molar-refractivity contribution >= 4 is 10.8 Å². The predicted molar refractivity (Wildman–Crippen MR) is 79.8 cm³/mol. The normalized spacial score (nSPS) is 11.5. The molecule has 0 unspecified atom stereocenters. The average molecular weight is 294 g/mol. The lowest BCUT2D eigenvalue weighted by molar-refractivity contribution is 0.0804. The first-order valence-corrected chi connectivity index (χ1v) is 7.06. The smallest absolute Gasteiger partial charge is 0.272 e. The molecule has 1 aromatic heterocycles. The second kappa shape index (κ2) is 7.31. The summed E-state index contributed by atoms with van der Waals surface area (Å²) in [4.78, 5) is 4.18. The lowest BCUT2D eigenvalue weighted by atomic mass is 10.1. The summed E-state index contributed by atoms with van der Waals surface area (Å²) in [6.45, 7) is 5.26. The lowest BCUT2D eigenvalue weighted by Gasteiger charge is -2.12. The average Bonchev–Trinajstić information content (AvgIpc) is 2.45. The van der Waals surface area contributed by atoms with E-state index in [4.69, 9.17) is 4.74 Å². The van der Waals surface area contributed by atoms with Gasteiger partial charge in [-0.15, -0.1) is 0 Å². The van der Waals surface area contributed by atoms with E-state index in [0.717, 1.165) is 22.9 Å². The molecule has 2 rings (SSSR count). The largest absolute Gasteiger partial charge is 0.471 e. The van der Waals surface area contributed by atoms with Crippen LogP contribution in [-0.4, -0.2) is 24.6 Å². The van der Waals surface area contributed by atoms with Crippen molar-refractivity contribution < 1.29 is 13.5 Å². The minimum Gasteiger partial charge on any atom is -0.471 e. The summed E-state index contributed by atoms with van der Waals surface area (Å²) in [5.41, 5.74) is 1.04. The molecule has 1 N–H and O–H groups in total. The second-order valence-electron chi connectivity index (χ2n) is 5.36. The fourth-order valence-electron chi connectivity index (χ4n) is 2.12. The fourth-order valence-corrected chi connectivity index (χ4v) is 2.12. The molecule has 0 radical (unpaired) electrons. The maximum atomic E-state index is 12.3. The van der Waals surface area contributed by atoms with Crippen molar-refractivity contribution in [2.24, 2.45) is 5.92 Å². The van der Waals surface area contributed by atoms with Gasteiger partial charge in [0.05, 0.1) is 0 Å². The van der Waals surface area contributed by atoms with Crippen LogP contribution in [0.25, 0.3) is 10.8 Å². The molecule has 0 aliphatic heterocycles. The number of benzene rings is 1. The molecule has 1 heterocycles. The van der Waals surface area contributed by atoms with Crippen LogP contribution in [0.15, 0.2) is 30.5 Å². The highest BCUT2D eigenvalue weighted by Crippen LogP contribution is 2.26. The minimum atomic E-state index is -2.50. The van der Waals surface area contributed by atoms with Crippen molar-refractivity contribution in [1.29, 1.82) is 0 Å². The summed E-state index contributed by atoms with van der Waals surface area (Å²) in [5.74, 6) is 0.830. The topological polar surface area (TPSA) is 34.2 Å². The summed E-state index contributed by atoms with van der Waals surface area (Å²) in [6.07, 6.45) is -0.811. The van der Waals surface area contributed by atoms with E-state index in [9.17, 15) is 8.78 Å². The number of pyridine rings is 1. The predicted octanol–water partition coefficient (Wildman–Crippen LogP) is 3.62. The van der Waals surface area contributed by atoms with Gasteiger partial charge in [0.15, 0.2) is 6.61 Å². The molecule has 0 saturated heterocycles. The number of hydrogen-bond acceptors (Lipinski definition) is 3. The standard InChI is InChI=1S/C16H20F2N2O/c1-11(2)7-19-8-12-9-20-16(21-10-15(17)18)14-6-4-3-5-13(12)14/h3-6,9,11,15,19H,7-8,10H2,1-2H3. The molecular formula is C16H20F2N2O. The highest BCUT2D eigenvalue weighted by molar-refractivity contribution is 5.89. The van der Waals surface area contributed by atoms with E-state index < -0.39 is 13.0 Å². The molecule has 0 aliphatic rings. The molecule has 1 aromatic carbocycles. The van der Waals surface area contributed by atoms with Gasteiger partial charge in [-0.1, -0.05) is 32.0 Å². The third kappa shape index (κ3) is 4.36. The maximum Gasteiger partial charge on any atom is 0.272 e. The monoisotopic (exact) mass is 294 g/mol. The number of halogens is 2. The highest BCUT2D eigenvalue weighted by atomic mass is 19.3. The zero-order chi connectivity index (χ0) is 15.2. The Morgan fingerprint density at radius 1 is 1.19 bits per heavy atom. The zero-order valence-electron chi connectivity index (χ0n) is 12.3. The van der Waals surface area contributed by atoms with Gasteiger partial charge >= 0.3 is 0 Å². The van der Waals surface area contributed by atoms with Gasteiger partial charge in [0.1, 0.15) is 0 Å². The van der Waals surface area contributed by atoms with Crippen LogP contribution < -0.4 is 10.1 Å². The Hall–Kier alpha value is -1.75. The molecule has 0 amide bonds. The minimum absolute atomic E-state index is 0.263. The van der Waals surface area contributed by atoms with E-state index in [0.29, 0.717) is 12.5 Å². The molecule has 21 heavy (non-hydrogen) atoms. The molecule has 0 spiro atoms.